The van der Waals surface area contributed by atoms with Crippen molar-refractivity contribution in [3.8, 4) is 0 Å². The summed E-state index contributed by atoms with van der Waals surface area (Å²) in [7, 11) is 0. The summed E-state index contributed by atoms with van der Waals surface area (Å²) in [6.07, 6.45) is 1.78. The zero-order valence-corrected chi connectivity index (χ0v) is 14.2. The largest absolute Gasteiger partial charge is 0.310 e. The Hall–Kier alpha value is -0.900. The summed E-state index contributed by atoms with van der Waals surface area (Å²) in [6, 6.07) is 12.7. The molecule has 0 fully saturated rings. The predicted molar refractivity (Wildman–Crippen MR) is 90.3 cm³/mol. The normalized spacial score (nSPS) is 12.4. The van der Waals surface area contributed by atoms with E-state index in [9.17, 15) is 4.39 Å². The van der Waals surface area contributed by atoms with Gasteiger partial charge in [-0.2, -0.15) is 0 Å². The fourth-order valence-corrected chi connectivity index (χ4v) is 2.99. The lowest BCUT2D eigenvalue weighted by molar-refractivity contribution is 0.524. The van der Waals surface area contributed by atoms with Crippen LogP contribution in [0.1, 0.15) is 30.5 Å². The van der Waals surface area contributed by atoms with Gasteiger partial charge in [-0.15, -0.1) is 0 Å². The van der Waals surface area contributed by atoms with Crippen LogP contribution in [0.3, 0.4) is 0 Å². The number of rotatable bonds is 6. The number of nitrogens with one attached hydrogen (secondary N) is 1. The third-order valence-corrected chi connectivity index (χ3v) is 4.14. The van der Waals surface area contributed by atoms with Crippen molar-refractivity contribution in [2.45, 2.75) is 25.8 Å². The Bertz CT molecular complexity index is 603. The van der Waals surface area contributed by atoms with Crippen LogP contribution in [0.4, 0.5) is 4.39 Å². The molecule has 0 amide bonds. The molecule has 21 heavy (non-hydrogen) atoms. The first kappa shape index (κ1) is 16.5. The summed E-state index contributed by atoms with van der Waals surface area (Å²) in [6.45, 7) is 2.97. The molecule has 0 spiro atoms. The molecular formula is C17H18BrClFN. The monoisotopic (exact) mass is 369 g/mol. The maximum Gasteiger partial charge on any atom is 0.123 e. The highest BCUT2D eigenvalue weighted by atomic mass is 79.9. The maximum absolute atomic E-state index is 13.5. The van der Waals surface area contributed by atoms with Crippen LogP contribution >= 0.6 is 27.5 Å². The zero-order valence-electron chi connectivity index (χ0n) is 11.9. The van der Waals surface area contributed by atoms with E-state index in [1.807, 2.05) is 12.1 Å². The second kappa shape index (κ2) is 7.92. The predicted octanol–water partition coefficient (Wildman–Crippen LogP) is 5.53. The second-order valence-corrected chi connectivity index (χ2v) is 6.33. The molecular weight excluding hydrogens is 353 g/mol. The second-order valence-electron chi connectivity index (χ2n) is 5.01. The van der Waals surface area contributed by atoms with Crippen LogP contribution in [0, 0.1) is 5.82 Å². The standard InChI is InChI=1S/C17H18BrClFN/c1-2-8-21-17(10-12-4-3-5-13(18)9-12)15-11-14(20)6-7-16(15)19/h3-7,9,11,17,21H,2,8,10H2,1H3. The molecule has 1 N–H and O–H groups in total. The van der Waals surface area contributed by atoms with Crippen molar-refractivity contribution in [1.29, 1.82) is 0 Å². The molecule has 0 heterocycles. The van der Waals surface area contributed by atoms with Crippen molar-refractivity contribution in [2.75, 3.05) is 6.54 Å². The van der Waals surface area contributed by atoms with Gasteiger partial charge in [-0.05, 0) is 60.8 Å². The molecule has 2 aromatic rings. The summed E-state index contributed by atoms with van der Waals surface area (Å²) in [5.74, 6) is -0.257. The Morgan fingerprint density at radius 2 is 2.05 bits per heavy atom. The average Bonchev–Trinajstić information content (AvgIpc) is 2.46. The Morgan fingerprint density at radius 1 is 1.24 bits per heavy atom. The van der Waals surface area contributed by atoms with E-state index in [0.29, 0.717) is 5.02 Å². The Labute approximate surface area is 138 Å². The van der Waals surface area contributed by atoms with E-state index >= 15 is 0 Å². The fourth-order valence-electron chi connectivity index (χ4n) is 2.29. The smallest absolute Gasteiger partial charge is 0.123 e. The van der Waals surface area contributed by atoms with Crippen molar-refractivity contribution >= 4 is 27.5 Å². The van der Waals surface area contributed by atoms with Gasteiger partial charge in [0.2, 0.25) is 0 Å². The van der Waals surface area contributed by atoms with E-state index < -0.39 is 0 Å². The summed E-state index contributed by atoms with van der Waals surface area (Å²) in [5, 5.41) is 4.05. The lowest BCUT2D eigenvalue weighted by Crippen LogP contribution is -2.24. The van der Waals surface area contributed by atoms with Gasteiger partial charge in [0.15, 0.2) is 0 Å². The summed E-state index contributed by atoms with van der Waals surface area (Å²) < 4.78 is 14.6. The van der Waals surface area contributed by atoms with E-state index in [-0.39, 0.29) is 11.9 Å². The number of benzene rings is 2. The first-order valence-corrected chi connectivity index (χ1v) is 8.20. The molecule has 0 saturated carbocycles. The number of halogens is 3. The molecule has 112 valence electrons. The molecule has 0 aliphatic rings. The quantitative estimate of drug-likeness (QED) is 0.705. The van der Waals surface area contributed by atoms with Crippen molar-refractivity contribution in [3.63, 3.8) is 0 Å². The van der Waals surface area contributed by atoms with Gasteiger partial charge in [0.1, 0.15) is 5.82 Å². The highest BCUT2D eigenvalue weighted by Gasteiger charge is 2.16. The zero-order chi connectivity index (χ0) is 15.2. The van der Waals surface area contributed by atoms with Crippen molar-refractivity contribution in [3.05, 3.63) is 68.9 Å². The van der Waals surface area contributed by atoms with Gasteiger partial charge in [0.05, 0.1) is 0 Å². The van der Waals surface area contributed by atoms with Crippen molar-refractivity contribution in [2.24, 2.45) is 0 Å². The first-order valence-electron chi connectivity index (χ1n) is 7.03. The fraction of sp³-hybridized carbons (Fsp3) is 0.294. The van der Waals surface area contributed by atoms with Crippen LogP contribution in [-0.4, -0.2) is 6.54 Å². The molecule has 1 unspecified atom stereocenters. The topological polar surface area (TPSA) is 12.0 Å². The van der Waals surface area contributed by atoms with E-state index in [4.69, 9.17) is 11.6 Å². The molecule has 0 radical (unpaired) electrons. The van der Waals surface area contributed by atoms with Gasteiger partial charge < -0.3 is 5.32 Å². The minimum atomic E-state index is -0.257. The van der Waals surface area contributed by atoms with E-state index in [1.54, 1.807) is 6.07 Å². The lowest BCUT2D eigenvalue weighted by atomic mass is 9.98. The average molecular weight is 371 g/mol. The van der Waals surface area contributed by atoms with Gasteiger partial charge in [0, 0.05) is 15.5 Å². The van der Waals surface area contributed by atoms with E-state index in [0.717, 1.165) is 29.4 Å². The lowest BCUT2D eigenvalue weighted by Gasteiger charge is -2.20. The number of hydrogen-bond donors (Lipinski definition) is 1. The molecule has 0 aliphatic heterocycles. The molecule has 2 rings (SSSR count). The minimum Gasteiger partial charge on any atom is -0.310 e. The van der Waals surface area contributed by atoms with Crippen LogP contribution in [0.25, 0.3) is 0 Å². The van der Waals surface area contributed by atoms with Crippen LogP contribution in [0.2, 0.25) is 5.02 Å². The molecule has 1 atom stereocenters. The molecule has 1 nitrogen and oxygen atoms in total. The third-order valence-electron chi connectivity index (χ3n) is 3.30. The Morgan fingerprint density at radius 3 is 2.76 bits per heavy atom. The molecule has 0 saturated heterocycles. The van der Waals surface area contributed by atoms with E-state index in [1.165, 1.54) is 17.7 Å². The minimum absolute atomic E-state index is 0.00227. The molecule has 0 aliphatic carbocycles. The van der Waals surface area contributed by atoms with Crippen molar-refractivity contribution in [1.82, 2.24) is 5.32 Å². The van der Waals surface area contributed by atoms with Crippen LogP contribution in [-0.2, 0) is 6.42 Å². The molecule has 0 bridgehead atoms. The van der Waals surface area contributed by atoms with Crippen molar-refractivity contribution < 1.29 is 4.39 Å². The van der Waals surface area contributed by atoms with Gasteiger partial charge in [0.25, 0.3) is 0 Å². The Kier molecular flexibility index (Phi) is 6.22. The van der Waals surface area contributed by atoms with Gasteiger partial charge in [-0.3, -0.25) is 0 Å². The van der Waals surface area contributed by atoms with Gasteiger partial charge in [-0.25, -0.2) is 4.39 Å². The highest BCUT2D eigenvalue weighted by Crippen LogP contribution is 2.27. The summed E-state index contributed by atoms with van der Waals surface area (Å²) >= 11 is 9.73. The molecule has 4 heteroatoms. The first-order chi connectivity index (χ1) is 10.1. The van der Waals surface area contributed by atoms with Gasteiger partial charge in [-0.1, -0.05) is 46.6 Å². The molecule has 0 aromatic heterocycles. The Balaban J connectivity index is 2.27. The van der Waals surface area contributed by atoms with Crippen LogP contribution < -0.4 is 5.32 Å². The molecule has 2 aromatic carbocycles. The SMILES string of the molecule is CCCNC(Cc1cccc(Br)c1)c1cc(F)ccc1Cl. The van der Waals surface area contributed by atoms with Gasteiger partial charge >= 0.3 is 0 Å². The highest BCUT2D eigenvalue weighted by molar-refractivity contribution is 9.10. The number of hydrogen-bond acceptors (Lipinski definition) is 1. The van der Waals surface area contributed by atoms with Crippen LogP contribution in [0.15, 0.2) is 46.9 Å². The maximum atomic E-state index is 13.5. The van der Waals surface area contributed by atoms with E-state index in [2.05, 4.69) is 40.3 Å². The third kappa shape index (κ3) is 4.80. The van der Waals surface area contributed by atoms with Crippen LogP contribution in [0.5, 0.6) is 0 Å². The summed E-state index contributed by atoms with van der Waals surface area (Å²) in [5.41, 5.74) is 1.99. The summed E-state index contributed by atoms with van der Waals surface area (Å²) in [4.78, 5) is 0.